The third-order valence-corrected chi connectivity index (χ3v) is 5.72. The number of nitrogens with zero attached hydrogens (tertiary/aromatic N) is 1. The first-order valence-corrected chi connectivity index (χ1v) is 10.7. The van der Waals surface area contributed by atoms with E-state index in [-0.39, 0.29) is 18.2 Å². The molecule has 1 fully saturated rings. The van der Waals surface area contributed by atoms with Crippen molar-refractivity contribution in [2.24, 2.45) is 5.92 Å². The number of pyridine rings is 1. The Labute approximate surface area is 177 Å². The fourth-order valence-corrected chi connectivity index (χ4v) is 4.32. The first kappa shape index (κ1) is 20.6. The number of rotatable bonds is 4. The average molecular weight is 414 g/mol. The molecule has 1 aliphatic carbocycles. The van der Waals surface area contributed by atoms with E-state index >= 15 is 0 Å². The van der Waals surface area contributed by atoms with E-state index in [9.17, 15) is 4.79 Å². The molecule has 1 amide bonds. The van der Waals surface area contributed by atoms with Crippen LogP contribution in [0.2, 0.25) is 0 Å². The Morgan fingerprint density at radius 1 is 1.27 bits per heavy atom. The number of hydrogen-bond acceptors (Lipinski definition) is 6. The van der Waals surface area contributed by atoms with Gasteiger partial charge in [-0.3, -0.25) is 0 Å². The summed E-state index contributed by atoms with van der Waals surface area (Å²) in [6, 6.07) is 4.01. The number of amides is 1. The van der Waals surface area contributed by atoms with Crippen LogP contribution in [0.5, 0.6) is 5.88 Å². The van der Waals surface area contributed by atoms with Crippen molar-refractivity contribution < 1.29 is 19.0 Å². The molecule has 0 bridgehead atoms. The zero-order chi connectivity index (χ0) is 21.3. The lowest BCUT2D eigenvalue weighted by atomic mass is 9.83. The Balaban J connectivity index is 1.31. The Morgan fingerprint density at radius 3 is 2.73 bits per heavy atom. The molecule has 0 spiro atoms. The molecule has 0 saturated heterocycles. The number of hydrogen-bond donors (Lipinski definition) is 2. The van der Waals surface area contributed by atoms with Crippen LogP contribution in [0, 0.1) is 5.92 Å². The van der Waals surface area contributed by atoms with Gasteiger partial charge in [0, 0.05) is 23.9 Å². The summed E-state index contributed by atoms with van der Waals surface area (Å²) in [5.41, 5.74) is 2.41. The summed E-state index contributed by atoms with van der Waals surface area (Å²) < 4.78 is 16.8. The maximum absolute atomic E-state index is 12.0. The van der Waals surface area contributed by atoms with E-state index in [1.807, 2.05) is 39.1 Å². The molecule has 30 heavy (non-hydrogen) atoms. The molecule has 1 aromatic heterocycles. The minimum absolute atomic E-state index is 0.0485. The number of aromatic nitrogens is 1. The van der Waals surface area contributed by atoms with Crippen LogP contribution in [0.4, 0.5) is 10.5 Å². The number of anilines is 1. The van der Waals surface area contributed by atoms with Crippen LogP contribution in [-0.4, -0.2) is 35.9 Å². The molecule has 1 saturated carbocycles. The van der Waals surface area contributed by atoms with Gasteiger partial charge in [-0.1, -0.05) is 0 Å². The molecule has 1 aromatic rings. The molecule has 0 aromatic carbocycles. The highest BCUT2D eigenvalue weighted by atomic mass is 16.6. The van der Waals surface area contributed by atoms with E-state index in [1.54, 1.807) is 7.11 Å². The minimum atomic E-state index is -0.466. The number of nitrogens with one attached hydrogen (secondary N) is 2. The largest absolute Gasteiger partial charge is 0.484 e. The van der Waals surface area contributed by atoms with Crippen molar-refractivity contribution in [2.45, 2.75) is 70.6 Å². The first-order valence-electron chi connectivity index (χ1n) is 10.7. The summed E-state index contributed by atoms with van der Waals surface area (Å²) in [6.07, 6.45) is 8.88. The van der Waals surface area contributed by atoms with Crippen molar-refractivity contribution >= 4 is 17.4 Å². The van der Waals surface area contributed by atoms with E-state index in [1.165, 1.54) is 0 Å². The third kappa shape index (κ3) is 4.71. The molecule has 3 heterocycles. The lowest BCUT2D eigenvalue weighted by Crippen LogP contribution is -2.41. The monoisotopic (exact) mass is 413 g/mol. The minimum Gasteiger partial charge on any atom is -0.484 e. The van der Waals surface area contributed by atoms with Crippen LogP contribution in [0.25, 0.3) is 5.57 Å². The smallest absolute Gasteiger partial charge is 0.407 e. The quantitative estimate of drug-likeness (QED) is 0.750. The Hall–Kier alpha value is -2.70. The fraction of sp³-hybridized carbons (Fsp3) is 0.565. The van der Waals surface area contributed by atoms with Gasteiger partial charge in [-0.15, -0.1) is 0 Å². The van der Waals surface area contributed by atoms with E-state index in [2.05, 4.69) is 21.7 Å². The number of ether oxygens (including phenoxy) is 3. The predicted molar refractivity (Wildman–Crippen MR) is 115 cm³/mol. The zero-order valence-corrected chi connectivity index (χ0v) is 18.2. The number of carbonyl (C=O) groups is 1. The molecule has 162 valence electrons. The Morgan fingerprint density at radius 2 is 2.03 bits per heavy atom. The SMILES string of the molecule is COc1ccc2c(n1)C1=CC(CC3CCC(NC(=O)OC(C)(C)C)CC3)OC1=CN2. The van der Waals surface area contributed by atoms with Crippen LogP contribution >= 0.6 is 0 Å². The van der Waals surface area contributed by atoms with Crippen LogP contribution < -0.4 is 15.4 Å². The Bertz CT molecular complexity index is 864. The second-order valence-corrected chi connectivity index (χ2v) is 9.24. The number of allylic oxidation sites excluding steroid dienone is 1. The lowest BCUT2D eigenvalue weighted by molar-refractivity contribution is 0.0482. The van der Waals surface area contributed by atoms with Gasteiger partial charge < -0.3 is 24.8 Å². The molecule has 4 rings (SSSR count). The van der Waals surface area contributed by atoms with Crippen LogP contribution in [-0.2, 0) is 9.47 Å². The number of carbonyl (C=O) groups excluding carboxylic acids is 1. The van der Waals surface area contributed by atoms with Crippen LogP contribution in [0.3, 0.4) is 0 Å². The molecular formula is C23H31N3O4. The molecule has 1 unspecified atom stereocenters. The topological polar surface area (TPSA) is 81.7 Å². The Kier molecular flexibility index (Phi) is 5.62. The lowest BCUT2D eigenvalue weighted by Gasteiger charge is -2.31. The standard InChI is InChI=1S/C23H31N3O4/c1-23(2,3)30-22(27)25-15-7-5-14(6-8-15)11-16-12-17-19(29-16)13-24-18-9-10-20(28-4)26-21(17)18/h9-10,12-16,24H,5-8,11H2,1-4H3,(H,25,27). The van der Waals surface area contributed by atoms with Gasteiger partial charge in [-0.25, -0.2) is 9.78 Å². The summed E-state index contributed by atoms with van der Waals surface area (Å²) in [5, 5.41) is 6.26. The number of alkyl carbamates (subject to hydrolysis) is 1. The average Bonchev–Trinajstić information content (AvgIpc) is 3.10. The number of methoxy groups -OCH3 is 1. The van der Waals surface area contributed by atoms with Crippen molar-refractivity contribution in [3.8, 4) is 5.88 Å². The molecule has 0 radical (unpaired) electrons. The summed E-state index contributed by atoms with van der Waals surface area (Å²) in [7, 11) is 1.62. The van der Waals surface area contributed by atoms with Crippen molar-refractivity contribution in [3.63, 3.8) is 0 Å². The van der Waals surface area contributed by atoms with Crippen LogP contribution in [0.15, 0.2) is 30.2 Å². The van der Waals surface area contributed by atoms with Gasteiger partial charge in [0.15, 0.2) is 0 Å². The van der Waals surface area contributed by atoms with Gasteiger partial charge in [-0.2, -0.15) is 0 Å². The summed E-state index contributed by atoms with van der Waals surface area (Å²) in [4.78, 5) is 16.6. The summed E-state index contributed by atoms with van der Waals surface area (Å²) in [5.74, 6) is 2.01. The van der Waals surface area contributed by atoms with Crippen molar-refractivity contribution in [3.05, 3.63) is 35.9 Å². The maximum Gasteiger partial charge on any atom is 0.407 e. The molecule has 2 aliphatic heterocycles. The molecule has 2 N–H and O–H groups in total. The van der Waals surface area contributed by atoms with Crippen molar-refractivity contribution in [1.82, 2.24) is 10.3 Å². The summed E-state index contributed by atoms with van der Waals surface area (Å²) in [6.45, 7) is 5.64. The normalized spacial score (nSPS) is 25.0. The van der Waals surface area contributed by atoms with Crippen molar-refractivity contribution in [1.29, 1.82) is 0 Å². The third-order valence-electron chi connectivity index (χ3n) is 5.72. The predicted octanol–water partition coefficient (Wildman–Crippen LogP) is 4.61. The highest BCUT2D eigenvalue weighted by Crippen LogP contribution is 2.41. The van der Waals surface area contributed by atoms with E-state index in [0.717, 1.165) is 54.8 Å². The van der Waals surface area contributed by atoms with Gasteiger partial charge in [0.2, 0.25) is 5.88 Å². The number of fused-ring (bicyclic) bond motifs is 3. The van der Waals surface area contributed by atoms with E-state index < -0.39 is 5.60 Å². The molecular weight excluding hydrogens is 382 g/mol. The van der Waals surface area contributed by atoms with E-state index in [0.29, 0.717) is 11.8 Å². The summed E-state index contributed by atoms with van der Waals surface area (Å²) >= 11 is 0. The molecule has 7 nitrogen and oxygen atoms in total. The second kappa shape index (κ2) is 8.20. The zero-order valence-electron chi connectivity index (χ0n) is 18.2. The highest BCUT2D eigenvalue weighted by molar-refractivity contribution is 5.87. The van der Waals surface area contributed by atoms with Gasteiger partial charge in [0.05, 0.1) is 12.8 Å². The van der Waals surface area contributed by atoms with Gasteiger partial charge in [0.25, 0.3) is 0 Å². The highest BCUT2D eigenvalue weighted by Gasteiger charge is 2.32. The van der Waals surface area contributed by atoms with Gasteiger partial charge >= 0.3 is 6.09 Å². The molecule has 1 atom stereocenters. The van der Waals surface area contributed by atoms with Crippen molar-refractivity contribution in [2.75, 3.05) is 12.4 Å². The molecule has 7 heteroatoms. The molecule has 3 aliphatic rings. The maximum atomic E-state index is 12.0. The second-order valence-electron chi connectivity index (χ2n) is 9.24. The first-order chi connectivity index (χ1) is 14.3. The fourth-order valence-electron chi connectivity index (χ4n) is 4.32. The van der Waals surface area contributed by atoms with Crippen LogP contribution in [0.1, 0.15) is 58.6 Å². The van der Waals surface area contributed by atoms with Gasteiger partial charge in [-0.05, 0) is 70.9 Å². The van der Waals surface area contributed by atoms with Gasteiger partial charge in [0.1, 0.15) is 23.2 Å². The van der Waals surface area contributed by atoms with E-state index in [4.69, 9.17) is 14.2 Å².